The van der Waals surface area contributed by atoms with Gasteiger partial charge in [-0.2, -0.15) is 0 Å². The highest BCUT2D eigenvalue weighted by molar-refractivity contribution is 5.96. The van der Waals surface area contributed by atoms with E-state index in [9.17, 15) is 9.90 Å². The van der Waals surface area contributed by atoms with Crippen molar-refractivity contribution in [2.24, 2.45) is 0 Å². The van der Waals surface area contributed by atoms with E-state index in [0.717, 1.165) is 33.3 Å². The van der Waals surface area contributed by atoms with Crippen LogP contribution in [0.25, 0.3) is 33.3 Å². The average molecular weight is 354 g/mol. The van der Waals surface area contributed by atoms with Gasteiger partial charge in [-0.1, -0.05) is 48.5 Å². The number of ether oxygens (including phenoxy) is 1. The van der Waals surface area contributed by atoms with Crippen LogP contribution in [0.5, 0.6) is 5.75 Å². The third kappa shape index (κ3) is 3.65. The molecule has 0 N–H and O–H groups in total. The third-order valence-electron chi connectivity index (χ3n) is 4.31. The van der Waals surface area contributed by atoms with E-state index in [0.29, 0.717) is 5.75 Å². The fourth-order valence-corrected chi connectivity index (χ4v) is 3.04. The van der Waals surface area contributed by atoms with E-state index >= 15 is 0 Å². The van der Waals surface area contributed by atoms with Crippen molar-refractivity contribution in [1.82, 2.24) is 4.98 Å². The highest BCUT2D eigenvalue weighted by Crippen LogP contribution is 2.32. The monoisotopic (exact) mass is 354 g/mol. The zero-order chi connectivity index (χ0) is 18.6. The van der Waals surface area contributed by atoms with Gasteiger partial charge in [0.25, 0.3) is 0 Å². The van der Waals surface area contributed by atoms with Crippen LogP contribution in [-0.2, 0) is 4.79 Å². The summed E-state index contributed by atoms with van der Waals surface area (Å²) < 4.78 is 5.14. The topological polar surface area (TPSA) is 62.2 Å². The number of benzene rings is 3. The number of hydrogen-bond donors (Lipinski definition) is 0. The maximum absolute atomic E-state index is 10.5. The molecule has 27 heavy (non-hydrogen) atoms. The molecule has 0 radical (unpaired) electrons. The Morgan fingerprint density at radius 2 is 1.56 bits per heavy atom. The predicted molar refractivity (Wildman–Crippen MR) is 103 cm³/mol. The molecule has 0 bridgehead atoms. The van der Waals surface area contributed by atoms with E-state index in [2.05, 4.69) is 24.3 Å². The Bertz CT molecular complexity index is 1090. The smallest absolute Gasteiger partial charge is 0.128 e. The molecular formula is C23H16NO3-. The first-order valence-electron chi connectivity index (χ1n) is 8.59. The van der Waals surface area contributed by atoms with E-state index < -0.39 is 12.6 Å². The quantitative estimate of drug-likeness (QED) is 0.548. The van der Waals surface area contributed by atoms with Crippen LogP contribution in [-0.4, -0.2) is 17.6 Å². The van der Waals surface area contributed by atoms with Crippen molar-refractivity contribution in [1.29, 1.82) is 0 Å². The number of carboxylic acid groups (broad SMARTS) is 1. The number of rotatable bonds is 5. The number of para-hydroxylation sites is 1. The summed E-state index contributed by atoms with van der Waals surface area (Å²) in [6, 6.07) is 27.6. The molecule has 132 valence electrons. The second-order valence-corrected chi connectivity index (χ2v) is 6.12. The number of aromatic nitrogens is 1. The number of carboxylic acids is 1. The molecule has 0 amide bonds. The van der Waals surface area contributed by atoms with Gasteiger partial charge in [0.05, 0.1) is 17.2 Å². The van der Waals surface area contributed by atoms with Crippen molar-refractivity contribution in [3.05, 3.63) is 84.9 Å². The number of hydrogen-bond acceptors (Lipinski definition) is 4. The minimum atomic E-state index is -1.25. The van der Waals surface area contributed by atoms with E-state index in [1.54, 1.807) is 12.1 Å². The SMILES string of the molecule is O=C([O-])COc1ccc(-c2cc(-c3ccccc3)c3ccccc3n2)cc1. The number of carbonyl (C=O) groups excluding carboxylic acids is 1. The van der Waals surface area contributed by atoms with Gasteiger partial charge in [-0.15, -0.1) is 0 Å². The second kappa shape index (κ2) is 7.30. The molecule has 3 aromatic carbocycles. The minimum absolute atomic E-state index is 0.467. The summed E-state index contributed by atoms with van der Waals surface area (Å²) in [6.07, 6.45) is 0. The molecule has 0 aliphatic carbocycles. The lowest BCUT2D eigenvalue weighted by Gasteiger charge is -2.11. The first kappa shape index (κ1) is 16.8. The van der Waals surface area contributed by atoms with Crippen molar-refractivity contribution >= 4 is 16.9 Å². The molecule has 0 saturated heterocycles. The molecule has 0 fully saturated rings. The van der Waals surface area contributed by atoms with Crippen LogP contribution in [0.3, 0.4) is 0 Å². The fourth-order valence-electron chi connectivity index (χ4n) is 3.04. The van der Waals surface area contributed by atoms with Gasteiger partial charge in [0.2, 0.25) is 0 Å². The zero-order valence-corrected chi connectivity index (χ0v) is 14.5. The van der Waals surface area contributed by atoms with Crippen LogP contribution >= 0.6 is 0 Å². The molecule has 0 aliphatic rings. The van der Waals surface area contributed by atoms with E-state index in [1.807, 2.05) is 48.5 Å². The maximum Gasteiger partial charge on any atom is 0.128 e. The summed E-state index contributed by atoms with van der Waals surface area (Å²) in [5.74, 6) is -0.769. The molecule has 0 saturated carbocycles. The normalized spacial score (nSPS) is 10.7. The predicted octanol–water partition coefficient (Wildman–Crippen LogP) is 3.70. The van der Waals surface area contributed by atoms with Gasteiger partial charge >= 0.3 is 0 Å². The number of carbonyl (C=O) groups is 1. The molecule has 4 aromatic rings. The lowest BCUT2D eigenvalue weighted by Crippen LogP contribution is -2.28. The van der Waals surface area contributed by atoms with Crippen LogP contribution in [0.2, 0.25) is 0 Å². The van der Waals surface area contributed by atoms with Crippen molar-refractivity contribution < 1.29 is 14.6 Å². The molecule has 1 heterocycles. The molecule has 4 nitrogen and oxygen atoms in total. The van der Waals surface area contributed by atoms with Gasteiger partial charge in [-0.25, -0.2) is 4.98 Å². The van der Waals surface area contributed by atoms with Gasteiger partial charge in [0.15, 0.2) is 0 Å². The van der Waals surface area contributed by atoms with Crippen molar-refractivity contribution in [3.8, 4) is 28.1 Å². The molecule has 4 rings (SSSR count). The van der Waals surface area contributed by atoms with E-state index in [-0.39, 0.29) is 0 Å². The summed E-state index contributed by atoms with van der Waals surface area (Å²) >= 11 is 0. The minimum Gasteiger partial charge on any atom is -0.546 e. The van der Waals surface area contributed by atoms with Crippen molar-refractivity contribution in [3.63, 3.8) is 0 Å². The Kier molecular flexibility index (Phi) is 4.54. The summed E-state index contributed by atoms with van der Waals surface area (Å²) in [5.41, 5.74) is 4.95. The fraction of sp³-hybridized carbons (Fsp3) is 0.0435. The summed E-state index contributed by atoms with van der Waals surface area (Å²) in [6.45, 7) is -0.467. The van der Waals surface area contributed by atoms with E-state index in [4.69, 9.17) is 9.72 Å². The molecule has 0 aliphatic heterocycles. The molecular weight excluding hydrogens is 338 g/mol. The van der Waals surface area contributed by atoms with Gasteiger partial charge < -0.3 is 14.6 Å². The lowest BCUT2D eigenvalue weighted by molar-refractivity contribution is -0.307. The van der Waals surface area contributed by atoms with Crippen molar-refractivity contribution in [2.45, 2.75) is 0 Å². The first-order valence-corrected chi connectivity index (χ1v) is 8.59. The average Bonchev–Trinajstić information content (AvgIpc) is 2.72. The molecule has 0 unspecified atom stereocenters. The van der Waals surface area contributed by atoms with Crippen LogP contribution in [0.1, 0.15) is 0 Å². The third-order valence-corrected chi connectivity index (χ3v) is 4.31. The second-order valence-electron chi connectivity index (χ2n) is 6.12. The Morgan fingerprint density at radius 1 is 0.852 bits per heavy atom. The van der Waals surface area contributed by atoms with Gasteiger partial charge in [-0.3, -0.25) is 0 Å². The van der Waals surface area contributed by atoms with Crippen molar-refractivity contribution in [2.75, 3.05) is 6.61 Å². The van der Waals surface area contributed by atoms with Crippen LogP contribution in [0, 0.1) is 0 Å². The Hall–Kier alpha value is -3.66. The summed E-state index contributed by atoms with van der Waals surface area (Å²) in [7, 11) is 0. The maximum atomic E-state index is 10.5. The molecule has 0 atom stereocenters. The number of fused-ring (bicyclic) bond motifs is 1. The van der Waals surface area contributed by atoms with Gasteiger partial charge in [-0.05, 0) is 47.5 Å². The first-order chi connectivity index (χ1) is 13.2. The Balaban J connectivity index is 1.77. The molecule has 4 heteroatoms. The Labute approximate surface area is 156 Å². The van der Waals surface area contributed by atoms with E-state index in [1.165, 1.54) is 0 Å². The number of pyridine rings is 1. The largest absolute Gasteiger partial charge is 0.546 e. The summed E-state index contributed by atoms with van der Waals surface area (Å²) in [4.78, 5) is 15.3. The number of aliphatic carboxylic acids is 1. The number of nitrogens with zero attached hydrogens (tertiary/aromatic N) is 1. The van der Waals surface area contributed by atoms with Crippen LogP contribution in [0.4, 0.5) is 0 Å². The highest BCUT2D eigenvalue weighted by Gasteiger charge is 2.09. The zero-order valence-electron chi connectivity index (χ0n) is 14.5. The molecule has 1 aromatic heterocycles. The van der Waals surface area contributed by atoms with Crippen LogP contribution in [0.15, 0.2) is 84.9 Å². The highest BCUT2D eigenvalue weighted by atomic mass is 16.5. The van der Waals surface area contributed by atoms with Gasteiger partial charge in [0, 0.05) is 10.9 Å². The summed E-state index contributed by atoms with van der Waals surface area (Å²) in [5, 5.41) is 11.6. The Morgan fingerprint density at radius 3 is 2.30 bits per heavy atom. The molecule has 0 spiro atoms. The van der Waals surface area contributed by atoms with Crippen LogP contribution < -0.4 is 9.84 Å². The van der Waals surface area contributed by atoms with Gasteiger partial charge in [0.1, 0.15) is 12.4 Å². The standard InChI is InChI=1S/C23H17NO3/c25-23(26)15-27-18-12-10-17(11-13-18)22-14-20(16-6-2-1-3-7-16)19-8-4-5-9-21(19)24-22/h1-14H,15H2,(H,25,26)/p-1. The lowest BCUT2D eigenvalue weighted by atomic mass is 9.98.